The van der Waals surface area contributed by atoms with Crippen molar-refractivity contribution >= 4 is 28.5 Å². The number of sulfonamides is 1. The van der Waals surface area contributed by atoms with Crippen LogP contribution in [0.5, 0.6) is 0 Å². The Hall–Kier alpha value is -2.34. The molecule has 0 spiro atoms. The van der Waals surface area contributed by atoms with Crippen molar-refractivity contribution in [3.8, 4) is 0 Å². The van der Waals surface area contributed by atoms with Gasteiger partial charge in [0.05, 0.1) is 16.1 Å². The standard InChI is InChI=1S/C25H31BF2N2O5S/c1-16-6-8-21(9-7-16)36(32,33)30-15-20(28)13-22(30)23(31)29-14-17-10-18(12-19(27)11-17)26-34-24(2,3)25(4,5)35-26/h6-12,20,22H,13-15H2,1-5H3,(H,29,31)/t20-,22+/m1/s1. The minimum absolute atomic E-state index is 0.00261. The monoisotopic (exact) mass is 520 g/mol. The molecule has 0 aromatic heterocycles. The molecule has 0 bridgehead atoms. The molecule has 1 N–H and O–H groups in total. The Morgan fingerprint density at radius 2 is 1.72 bits per heavy atom. The van der Waals surface area contributed by atoms with Crippen molar-refractivity contribution < 1.29 is 31.3 Å². The van der Waals surface area contributed by atoms with Crippen molar-refractivity contribution in [2.45, 2.75) is 75.9 Å². The molecule has 2 heterocycles. The fraction of sp³-hybridized carbons (Fsp3) is 0.480. The number of amides is 1. The molecular formula is C25H31BF2N2O5S. The SMILES string of the molecule is Cc1ccc(S(=O)(=O)N2C[C@H](F)C[C@H]2C(=O)NCc2cc(F)cc(B3OC(C)(C)C(C)(C)O3)c2)cc1. The van der Waals surface area contributed by atoms with Crippen LogP contribution < -0.4 is 10.8 Å². The summed E-state index contributed by atoms with van der Waals surface area (Å²) in [7, 11) is -4.85. The summed E-state index contributed by atoms with van der Waals surface area (Å²) in [5, 5.41) is 2.64. The highest BCUT2D eigenvalue weighted by Crippen LogP contribution is 2.36. The van der Waals surface area contributed by atoms with Crippen molar-refractivity contribution in [3.63, 3.8) is 0 Å². The van der Waals surface area contributed by atoms with Crippen molar-refractivity contribution in [2.75, 3.05) is 6.54 Å². The zero-order valence-corrected chi connectivity index (χ0v) is 21.9. The first kappa shape index (κ1) is 26.7. The van der Waals surface area contributed by atoms with Crippen LogP contribution in [0.3, 0.4) is 0 Å². The van der Waals surface area contributed by atoms with Crippen LogP contribution in [0.1, 0.15) is 45.2 Å². The molecule has 194 valence electrons. The molecule has 2 aromatic rings. The van der Waals surface area contributed by atoms with Crippen LogP contribution in [0.4, 0.5) is 8.78 Å². The molecule has 2 aliphatic heterocycles. The van der Waals surface area contributed by atoms with E-state index in [4.69, 9.17) is 9.31 Å². The lowest BCUT2D eigenvalue weighted by Gasteiger charge is -2.32. The molecular weight excluding hydrogens is 489 g/mol. The lowest BCUT2D eigenvalue weighted by Crippen LogP contribution is -2.45. The Morgan fingerprint density at radius 1 is 1.11 bits per heavy atom. The summed E-state index contributed by atoms with van der Waals surface area (Å²) in [5.41, 5.74) is 0.580. The van der Waals surface area contributed by atoms with Crippen molar-refractivity contribution in [2.24, 2.45) is 0 Å². The largest absolute Gasteiger partial charge is 0.494 e. The number of carbonyl (C=O) groups is 1. The van der Waals surface area contributed by atoms with Crippen molar-refractivity contribution in [1.82, 2.24) is 9.62 Å². The van der Waals surface area contributed by atoms with E-state index in [0.717, 1.165) is 9.87 Å². The molecule has 2 fully saturated rings. The van der Waals surface area contributed by atoms with E-state index in [1.165, 1.54) is 24.3 Å². The Labute approximate surface area is 211 Å². The van der Waals surface area contributed by atoms with Gasteiger partial charge in [-0.2, -0.15) is 4.31 Å². The van der Waals surface area contributed by atoms with Gasteiger partial charge in [-0.05, 0) is 69.9 Å². The van der Waals surface area contributed by atoms with Crippen LogP contribution >= 0.6 is 0 Å². The predicted molar refractivity (Wildman–Crippen MR) is 132 cm³/mol. The first-order valence-corrected chi connectivity index (χ1v) is 13.3. The third-order valence-corrected chi connectivity index (χ3v) is 9.00. The molecule has 11 heteroatoms. The lowest BCUT2D eigenvalue weighted by molar-refractivity contribution is -0.124. The van der Waals surface area contributed by atoms with E-state index in [1.807, 2.05) is 34.6 Å². The molecule has 0 aliphatic carbocycles. The Bertz CT molecular complexity index is 1240. The van der Waals surface area contributed by atoms with Crippen molar-refractivity contribution in [1.29, 1.82) is 0 Å². The second kappa shape index (κ2) is 9.52. The van der Waals surface area contributed by atoms with E-state index in [1.54, 1.807) is 18.2 Å². The van der Waals surface area contributed by atoms with Crippen LogP contribution in [-0.4, -0.2) is 55.7 Å². The zero-order valence-electron chi connectivity index (χ0n) is 21.0. The van der Waals surface area contributed by atoms with Gasteiger partial charge in [-0.15, -0.1) is 0 Å². The maximum absolute atomic E-state index is 14.4. The molecule has 36 heavy (non-hydrogen) atoms. The van der Waals surface area contributed by atoms with Gasteiger partial charge in [0.15, 0.2) is 0 Å². The van der Waals surface area contributed by atoms with E-state index in [2.05, 4.69) is 5.32 Å². The average Bonchev–Trinajstić information content (AvgIpc) is 3.28. The van der Waals surface area contributed by atoms with E-state index in [0.29, 0.717) is 11.0 Å². The number of nitrogens with one attached hydrogen (secondary N) is 1. The normalized spacial score (nSPS) is 23.7. The van der Waals surface area contributed by atoms with Gasteiger partial charge in [-0.3, -0.25) is 4.79 Å². The van der Waals surface area contributed by atoms with Crippen LogP contribution in [-0.2, 0) is 30.7 Å². The van der Waals surface area contributed by atoms with Crippen LogP contribution in [0.2, 0.25) is 0 Å². The fourth-order valence-electron chi connectivity index (χ4n) is 4.31. The van der Waals surface area contributed by atoms with Gasteiger partial charge >= 0.3 is 7.12 Å². The minimum atomic E-state index is -4.07. The second-order valence-electron chi connectivity index (χ2n) is 10.4. The average molecular weight is 520 g/mol. The number of halogens is 2. The molecule has 2 atom stereocenters. The highest BCUT2D eigenvalue weighted by Gasteiger charge is 2.52. The maximum Gasteiger partial charge on any atom is 0.494 e. The quantitative estimate of drug-likeness (QED) is 0.593. The zero-order chi connectivity index (χ0) is 26.5. The van der Waals surface area contributed by atoms with Gasteiger partial charge < -0.3 is 14.6 Å². The van der Waals surface area contributed by atoms with E-state index >= 15 is 0 Å². The smallest absolute Gasteiger partial charge is 0.399 e. The number of carbonyl (C=O) groups excluding carboxylic acids is 1. The van der Waals surface area contributed by atoms with E-state index < -0.39 is 58.8 Å². The number of nitrogens with zero attached hydrogens (tertiary/aromatic N) is 1. The topological polar surface area (TPSA) is 84.9 Å². The molecule has 0 saturated carbocycles. The highest BCUT2D eigenvalue weighted by molar-refractivity contribution is 7.89. The van der Waals surface area contributed by atoms with Crippen LogP contribution in [0, 0.1) is 12.7 Å². The number of hydrogen-bond acceptors (Lipinski definition) is 5. The molecule has 4 rings (SSSR count). The van der Waals surface area contributed by atoms with Gasteiger partial charge in [-0.1, -0.05) is 23.8 Å². The molecule has 2 aromatic carbocycles. The first-order chi connectivity index (χ1) is 16.7. The van der Waals surface area contributed by atoms with Gasteiger partial charge in [0, 0.05) is 19.5 Å². The number of alkyl halides is 1. The Balaban J connectivity index is 1.48. The first-order valence-electron chi connectivity index (χ1n) is 11.8. The number of aryl methyl sites for hydroxylation is 1. The minimum Gasteiger partial charge on any atom is -0.399 e. The Morgan fingerprint density at radius 3 is 2.33 bits per heavy atom. The van der Waals surface area contributed by atoms with Crippen LogP contribution in [0.15, 0.2) is 47.4 Å². The number of hydrogen-bond donors (Lipinski definition) is 1. The summed E-state index contributed by atoms with van der Waals surface area (Å²) in [6.45, 7) is 8.92. The van der Waals surface area contributed by atoms with Gasteiger partial charge in [0.2, 0.25) is 15.9 Å². The maximum atomic E-state index is 14.4. The fourth-order valence-corrected chi connectivity index (χ4v) is 5.93. The summed E-state index contributed by atoms with van der Waals surface area (Å²) < 4.78 is 67.8. The summed E-state index contributed by atoms with van der Waals surface area (Å²) in [6.07, 6.45) is -1.72. The third kappa shape index (κ3) is 5.20. The summed E-state index contributed by atoms with van der Waals surface area (Å²) in [5.74, 6) is -1.17. The predicted octanol–water partition coefficient (Wildman–Crippen LogP) is 2.85. The molecule has 0 radical (unpaired) electrons. The third-order valence-electron chi connectivity index (χ3n) is 7.11. The van der Waals surface area contributed by atoms with Gasteiger partial charge in [0.25, 0.3) is 0 Å². The van der Waals surface area contributed by atoms with Gasteiger partial charge in [0.1, 0.15) is 18.0 Å². The Kier molecular flexibility index (Phi) is 7.06. The molecule has 7 nitrogen and oxygen atoms in total. The van der Waals surface area contributed by atoms with Crippen molar-refractivity contribution in [3.05, 3.63) is 59.4 Å². The number of benzene rings is 2. The molecule has 2 aliphatic rings. The van der Waals surface area contributed by atoms with Gasteiger partial charge in [-0.25, -0.2) is 17.2 Å². The lowest BCUT2D eigenvalue weighted by atomic mass is 9.78. The van der Waals surface area contributed by atoms with E-state index in [-0.39, 0.29) is 17.9 Å². The second-order valence-corrected chi connectivity index (χ2v) is 12.3. The highest BCUT2D eigenvalue weighted by atomic mass is 32.2. The molecule has 0 unspecified atom stereocenters. The van der Waals surface area contributed by atoms with Crippen LogP contribution in [0.25, 0.3) is 0 Å². The summed E-state index contributed by atoms with van der Waals surface area (Å²) in [6, 6.07) is 9.21. The number of rotatable bonds is 6. The van der Waals surface area contributed by atoms with E-state index in [9.17, 15) is 22.0 Å². The molecule has 1 amide bonds. The summed E-state index contributed by atoms with van der Waals surface area (Å²) >= 11 is 0. The summed E-state index contributed by atoms with van der Waals surface area (Å²) in [4.78, 5) is 13.0. The molecule has 2 saturated heterocycles.